The minimum Gasteiger partial charge on any atom is -0.390 e. The Labute approximate surface area is 690 Å². The van der Waals surface area contributed by atoms with Crippen molar-refractivity contribution in [1.29, 1.82) is 0 Å². The lowest BCUT2D eigenvalue weighted by molar-refractivity contribution is -0.157. The van der Waals surface area contributed by atoms with Crippen molar-refractivity contribution in [3.8, 4) is 0 Å². The van der Waals surface area contributed by atoms with Crippen LogP contribution in [0.2, 0.25) is 0 Å². The van der Waals surface area contributed by atoms with E-state index < -0.39 is 169 Å². The lowest BCUT2D eigenvalue weighted by Crippen LogP contribution is -2.63. The molecule has 644 valence electrons. The van der Waals surface area contributed by atoms with Crippen LogP contribution < -0.4 is 47.8 Å². The zero-order chi connectivity index (χ0) is 87.3. The van der Waals surface area contributed by atoms with Crippen LogP contribution in [0.3, 0.4) is 0 Å². The highest BCUT2D eigenvalue weighted by molar-refractivity contribution is 7.95. The van der Waals surface area contributed by atoms with Gasteiger partial charge in [0.05, 0.1) is 38.4 Å². The van der Waals surface area contributed by atoms with Crippen molar-refractivity contribution in [3.63, 3.8) is 0 Å². The second-order valence-electron chi connectivity index (χ2n) is 33.5. The molecule has 1 aliphatic heterocycles. The first-order valence-electron chi connectivity index (χ1n) is 41.0. The third-order valence-electron chi connectivity index (χ3n) is 21.5. The van der Waals surface area contributed by atoms with E-state index in [9.17, 15) is 48.3 Å². The molecule has 0 aromatic heterocycles. The fourth-order valence-electron chi connectivity index (χ4n) is 14.6. The number of carbonyl (C=O) groups excluding carboxylic acids is 13. The van der Waals surface area contributed by atoms with E-state index in [2.05, 4.69) is 68.3 Å². The van der Waals surface area contributed by atoms with Crippen LogP contribution in [0.5, 0.6) is 0 Å². The minimum atomic E-state index is -2.23. The van der Waals surface area contributed by atoms with Gasteiger partial charge in [-0.05, 0) is 136 Å². The number of aliphatic hydroxyl groups is 1. The zero-order valence-electron chi connectivity index (χ0n) is 73.1. The van der Waals surface area contributed by atoms with Crippen molar-refractivity contribution in [2.24, 2.45) is 41.4 Å². The summed E-state index contributed by atoms with van der Waals surface area (Å²) >= 11 is 0. The van der Waals surface area contributed by atoms with Gasteiger partial charge in [-0.3, -0.25) is 62.3 Å². The fraction of sp³-hybridized carbons (Fsp3) is 0.621. The van der Waals surface area contributed by atoms with E-state index in [0.29, 0.717) is 6.16 Å². The minimum absolute atomic E-state index is 0.0244. The molecule has 0 saturated carbocycles. The summed E-state index contributed by atoms with van der Waals surface area (Å²) in [5.41, 5.74) is 0. The van der Waals surface area contributed by atoms with Gasteiger partial charge in [-0.25, -0.2) is 0 Å². The number of nitrogens with zero attached hydrogens (tertiary/aromatic N) is 7. The third kappa shape index (κ3) is 28.0. The topological polar surface area (TPSA) is 346 Å². The molecule has 4 rings (SSSR count). The second-order valence-corrected chi connectivity index (χ2v) is 37.1. The number of rotatable bonds is 28. The van der Waals surface area contributed by atoms with Gasteiger partial charge in [0.15, 0.2) is 0 Å². The van der Waals surface area contributed by atoms with E-state index in [4.69, 9.17) is 4.74 Å². The average molecular weight is 1640 g/mol. The van der Waals surface area contributed by atoms with Gasteiger partial charge < -0.3 is 76.0 Å². The molecular formula is C87H137N13O15P+. The van der Waals surface area contributed by atoms with Gasteiger partial charge >= 0.3 is 0 Å². The highest BCUT2D eigenvalue weighted by atomic mass is 31.2. The van der Waals surface area contributed by atoms with Gasteiger partial charge in [0.25, 0.3) is 0 Å². The first-order chi connectivity index (χ1) is 54.5. The summed E-state index contributed by atoms with van der Waals surface area (Å²) in [7, 11) is 7.50. The van der Waals surface area contributed by atoms with Crippen LogP contribution in [0.15, 0.2) is 103 Å². The molecule has 3 aromatic carbocycles. The largest absolute Gasteiger partial charge is 0.390 e. The molecule has 1 fully saturated rings. The molecule has 7 N–H and O–H groups in total. The molecule has 116 heavy (non-hydrogen) atoms. The molecule has 3 aromatic rings. The summed E-state index contributed by atoms with van der Waals surface area (Å²) in [6.07, 6.45) is 2.29. The Hall–Kier alpha value is -9.14. The maximum Gasteiger partial charge on any atom is 0.246 e. The number of likely N-dealkylation sites (N-methyl/N-ethyl adjacent to an activating group) is 7. The van der Waals surface area contributed by atoms with E-state index >= 15 is 19.2 Å². The van der Waals surface area contributed by atoms with Crippen LogP contribution >= 0.6 is 7.26 Å². The molecule has 0 aliphatic carbocycles. The predicted octanol–water partition coefficient (Wildman–Crippen LogP) is 4.88. The van der Waals surface area contributed by atoms with E-state index in [1.807, 2.05) is 110 Å². The molecule has 1 heterocycles. The Balaban J connectivity index is 1.70. The standard InChI is InChI=1S/C87H136N13O15P/c1-24-66-83(110)94(17)53-73(103)95(18)67(49-54(2)3)80(107)93-74(58(10)11)86(113)96(19)68(50-55(4)5)79(106)90-61(15)78(105)91-62(16)82(109)97(20)69(51-56(6)7)84(111)98(21)70(52-57(8)9)85(112)99(22)75(59(12)13)87(114)100(23)76(81(108)92-66)77(104)60(14)35-34-42-71(101)88-44-46-115-47-45-89-72(102)43-48-116(63-36-28-25-29-37-63,64-38-30-26-31-39-64)65-40-32-27-33-41-65/h25-34,36-42,54-62,66-70,74-77,104H,24,35,43-53H2,1-23H3,(H5-,88,89,90,91,92,93,101,102,105,106,107,108)/p+1/b42-34+/t60-,61+,62-,66+,67+,68+,69+,70+,74+,75+,76+,77-/m1/s1. The zero-order valence-corrected chi connectivity index (χ0v) is 74.0. The fourth-order valence-corrected chi connectivity index (χ4v) is 18.9. The highest BCUT2D eigenvalue weighted by Gasteiger charge is 2.48. The Morgan fingerprint density at radius 1 is 0.483 bits per heavy atom. The number of benzene rings is 3. The summed E-state index contributed by atoms with van der Waals surface area (Å²) in [5.74, 6) is -11.5. The Morgan fingerprint density at radius 2 is 0.905 bits per heavy atom. The van der Waals surface area contributed by atoms with Gasteiger partial charge in [-0.2, -0.15) is 0 Å². The van der Waals surface area contributed by atoms with E-state index in [0.717, 1.165) is 9.80 Å². The number of hydrogen-bond acceptors (Lipinski definition) is 15. The number of hydrogen-bond donors (Lipinski definition) is 7. The molecular weight excluding hydrogens is 1500 g/mol. The molecule has 29 heteroatoms. The summed E-state index contributed by atoms with van der Waals surface area (Å²) in [6, 6.07) is 17.9. The molecule has 0 radical (unpaired) electrons. The SMILES string of the molecule is CC[C@@H]1NC(=O)[C@H]([C@H](O)[C@H](C)C/C=C/C(=O)NCCOCCNC(=O)CC[P+](c2ccccc2)(c2ccccc2)c2ccccc2)N(C)C(=O)[C@H](C(C)C)N(C)C(=O)[C@H](CC(C)C)N(C)C(=O)[C@H](CC(C)C)N(C)C(=O)[C@@H](C)NC(=O)[C@H](C)NC(=O)[C@H](CC(C)C)N(C)C(=O)[C@H](C(C)C)NC(=O)[C@H](CC(C)C)N(C)C(=O)CN(C)C1=O. The summed E-state index contributed by atoms with van der Waals surface area (Å²) < 4.78 is 5.79. The Kier molecular flexibility index (Phi) is 40.5. The van der Waals surface area contributed by atoms with Gasteiger partial charge in [-0.1, -0.05) is 158 Å². The number of nitrogens with one attached hydrogen (secondary N) is 6. The highest BCUT2D eigenvalue weighted by Crippen LogP contribution is 2.55. The van der Waals surface area contributed by atoms with Crippen LogP contribution in [0, 0.1) is 41.4 Å². The molecule has 0 unspecified atom stereocenters. The van der Waals surface area contributed by atoms with Gasteiger partial charge in [0.2, 0.25) is 76.8 Å². The van der Waals surface area contributed by atoms with E-state index in [-0.39, 0.29) is 101 Å². The quantitative estimate of drug-likeness (QED) is 0.0289. The molecule has 0 bridgehead atoms. The number of ether oxygens (including phenoxy) is 1. The lowest BCUT2D eigenvalue weighted by Gasteiger charge is -2.41. The summed E-state index contributed by atoms with van der Waals surface area (Å²) in [6.45, 7) is 27.7. The summed E-state index contributed by atoms with van der Waals surface area (Å²) in [5, 5.41) is 32.8. The normalized spacial score (nSPS) is 22.8. The van der Waals surface area contributed by atoms with Crippen molar-refractivity contribution in [2.45, 2.75) is 222 Å². The molecule has 0 spiro atoms. The van der Waals surface area contributed by atoms with E-state index in [1.165, 1.54) is 116 Å². The molecule has 28 nitrogen and oxygen atoms in total. The van der Waals surface area contributed by atoms with Crippen molar-refractivity contribution >= 4 is 100.0 Å². The van der Waals surface area contributed by atoms with Gasteiger partial charge in [-0.15, -0.1) is 0 Å². The summed E-state index contributed by atoms with van der Waals surface area (Å²) in [4.78, 5) is 198. The monoisotopic (exact) mass is 1640 g/mol. The van der Waals surface area contributed by atoms with Crippen LogP contribution in [-0.4, -0.2) is 271 Å². The molecule has 13 amide bonds. The van der Waals surface area contributed by atoms with Crippen LogP contribution in [-0.2, 0) is 67.1 Å². The third-order valence-corrected chi connectivity index (χ3v) is 25.9. The van der Waals surface area contributed by atoms with Gasteiger partial charge in [0, 0.05) is 62.4 Å². The molecule has 1 aliphatic rings. The number of aliphatic hydroxyl groups excluding tert-OH is 1. The lowest BCUT2D eigenvalue weighted by atomic mass is 9.91. The van der Waals surface area contributed by atoms with Crippen LogP contribution in [0.25, 0.3) is 0 Å². The Morgan fingerprint density at radius 3 is 1.37 bits per heavy atom. The van der Waals surface area contributed by atoms with Crippen LogP contribution in [0.1, 0.15) is 156 Å². The smallest absolute Gasteiger partial charge is 0.246 e. The number of carbonyl (C=O) groups is 13. The van der Waals surface area contributed by atoms with Gasteiger partial charge in [0.1, 0.15) is 83.6 Å². The van der Waals surface area contributed by atoms with E-state index in [1.54, 1.807) is 41.5 Å². The van der Waals surface area contributed by atoms with Crippen molar-refractivity contribution < 1.29 is 72.2 Å². The second kappa shape index (κ2) is 47.3. The van der Waals surface area contributed by atoms with Crippen molar-refractivity contribution in [3.05, 3.63) is 103 Å². The predicted molar refractivity (Wildman–Crippen MR) is 454 cm³/mol. The maximum atomic E-state index is 15.5. The maximum absolute atomic E-state index is 15.5. The first kappa shape index (κ1) is 99.2. The Bertz CT molecular complexity index is 3680. The molecule has 12 atom stereocenters. The molecule has 1 saturated heterocycles. The van der Waals surface area contributed by atoms with Crippen LogP contribution in [0.4, 0.5) is 0 Å². The van der Waals surface area contributed by atoms with Crippen molar-refractivity contribution in [2.75, 3.05) is 88.3 Å². The number of amides is 13. The number of allylic oxidation sites excluding steroid dienone is 1. The van der Waals surface area contributed by atoms with Crippen molar-refractivity contribution in [1.82, 2.24) is 66.2 Å². The average Bonchev–Trinajstić information content (AvgIpc) is 0.755. The first-order valence-corrected chi connectivity index (χ1v) is 43.0.